The number of nitrogens with zero attached hydrogens (tertiary/aromatic N) is 2. The largest absolute Gasteiger partial charge is 0.395 e. The van der Waals surface area contributed by atoms with E-state index in [1.165, 1.54) is 16.8 Å². The summed E-state index contributed by atoms with van der Waals surface area (Å²) < 4.78 is 1.40. The summed E-state index contributed by atoms with van der Waals surface area (Å²) >= 11 is 17.8. The molecular weight excluding hydrogens is 323 g/mol. The summed E-state index contributed by atoms with van der Waals surface area (Å²) in [6.07, 6.45) is 0. The van der Waals surface area contributed by atoms with E-state index in [4.69, 9.17) is 40.5 Å². The van der Waals surface area contributed by atoms with Crippen LogP contribution in [-0.2, 0) is 7.05 Å². The summed E-state index contributed by atoms with van der Waals surface area (Å²) in [5, 5.41) is 7.56. The smallest absolute Gasteiger partial charge is 0.276 e. The van der Waals surface area contributed by atoms with Crippen LogP contribution in [-0.4, -0.2) is 15.7 Å². The molecule has 0 fully saturated rings. The number of benzene rings is 1. The summed E-state index contributed by atoms with van der Waals surface area (Å²) in [5.74, 6) is -0.447. The molecule has 0 aliphatic carbocycles. The van der Waals surface area contributed by atoms with Crippen LogP contribution < -0.4 is 11.1 Å². The number of halogens is 3. The molecule has 0 aliphatic rings. The number of rotatable bonds is 2. The van der Waals surface area contributed by atoms with Gasteiger partial charge in [-0.15, -0.1) is 0 Å². The molecule has 0 radical (unpaired) electrons. The van der Waals surface area contributed by atoms with Crippen LogP contribution in [0, 0.1) is 6.92 Å². The zero-order chi connectivity index (χ0) is 15.0. The molecule has 1 amide bonds. The van der Waals surface area contributed by atoms with E-state index in [0.717, 1.165) is 0 Å². The van der Waals surface area contributed by atoms with E-state index < -0.39 is 5.91 Å². The molecule has 0 saturated heterocycles. The van der Waals surface area contributed by atoms with E-state index >= 15 is 0 Å². The number of nitrogens with one attached hydrogen (secondary N) is 1. The van der Waals surface area contributed by atoms with Gasteiger partial charge in [0.1, 0.15) is 5.69 Å². The van der Waals surface area contributed by atoms with Gasteiger partial charge in [0.15, 0.2) is 0 Å². The third-order valence-electron chi connectivity index (χ3n) is 2.73. The molecule has 8 heteroatoms. The fourth-order valence-corrected chi connectivity index (χ4v) is 2.69. The standard InChI is InChI=1S/C12H11Cl3N4O/c1-5-9(16)11(19(2)18-5)12(20)17-10-7(14)3-6(13)4-8(10)15/h3-4H,16H2,1-2H3,(H,17,20). The maximum Gasteiger partial charge on any atom is 0.276 e. The minimum atomic E-state index is -0.447. The van der Waals surface area contributed by atoms with Crippen LogP contribution in [0.25, 0.3) is 0 Å². The van der Waals surface area contributed by atoms with Gasteiger partial charge in [0, 0.05) is 12.1 Å². The predicted molar refractivity (Wildman–Crippen MR) is 81.8 cm³/mol. The van der Waals surface area contributed by atoms with Crippen molar-refractivity contribution < 1.29 is 4.79 Å². The van der Waals surface area contributed by atoms with Crippen molar-refractivity contribution in [2.75, 3.05) is 11.1 Å². The molecule has 0 saturated carbocycles. The van der Waals surface area contributed by atoms with E-state index in [9.17, 15) is 4.79 Å². The Balaban J connectivity index is 2.38. The Morgan fingerprint density at radius 1 is 1.30 bits per heavy atom. The second-order valence-electron chi connectivity index (χ2n) is 4.17. The first-order chi connectivity index (χ1) is 9.31. The lowest BCUT2D eigenvalue weighted by molar-refractivity contribution is 0.101. The normalized spacial score (nSPS) is 10.7. The Morgan fingerprint density at radius 3 is 2.30 bits per heavy atom. The number of aryl methyl sites for hydroxylation is 2. The zero-order valence-corrected chi connectivity index (χ0v) is 12.9. The SMILES string of the molecule is Cc1nn(C)c(C(=O)Nc2c(Cl)cc(Cl)cc2Cl)c1N. The van der Waals surface area contributed by atoms with Gasteiger partial charge < -0.3 is 11.1 Å². The maximum absolute atomic E-state index is 12.3. The molecule has 0 atom stereocenters. The highest BCUT2D eigenvalue weighted by molar-refractivity contribution is 6.42. The van der Waals surface area contributed by atoms with Crippen molar-refractivity contribution in [1.29, 1.82) is 0 Å². The molecule has 3 N–H and O–H groups in total. The first kappa shape index (κ1) is 15.0. The van der Waals surface area contributed by atoms with Crippen molar-refractivity contribution in [3.8, 4) is 0 Å². The van der Waals surface area contributed by atoms with Crippen LogP contribution in [0.5, 0.6) is 0 Å². The van der Waals surface area contributed by atoms with Gasteiger partial charge in [-0.05, 0) is 19.1 Å². The van der Waals surface area contributed by atoms with Gasteiger partial charge in [0.25, 0.3) is 5.91 Å². The Labute approximate surface area is 130 Å². The number of carbonyl (C=O) groups excluding carboxylic acids is 1. The lowest BCUT2D eigenvalue weighted by Gasteiger charge is -2.10. The third-order valence-corrected chi connectivity index (χ3v) is 3.54. The molecular formula is C12H11Cl3N4O. The second kappa shape index (κ2) is 5.52. The quantitative estimate of drug-likeness (QED) is 0.883. The van der Waals surface area contributed by atoms with Crippen molar-refractivity contribution in [3.63, 3.8) is 0 Å². The lowest BCUT2D eigenvalue weighted by atomic mass is 10.2. The van der Waals surface area contributed by atoms with E-state index in [-0.39, 0.29) is 21.4 Å². The average Bonchev–Trinajstić information content (AvgIpc) is 2.58. The molecule has 2 aromatic rings. The van der Waals surface area contributed by atoms with Gasteiger partial charge in [0.05, 0.1) is 27.1 Å². The number of carbonyl (C=O) groups is 1. The molecule has 0 aliphatic heterocycles. The van der Waals surface area contributed by atoms with Crippen LogP contribution in [0.4, 0.5) is 11.4 Å². The highest BCUT2D eigenvalue weighted by atomic mass is 35.5. The van der Waals surface area contributed by atoms with Crippen LogP contribution in [0.2, 0.25) is 15.1 Å². The molecule has 0 bridgehead atoms. The molecule has 0 spiro atoms. The van der Waals surface area contributed by atoms with E-state index in [1.54, 1.807) is 14.0 Å². The third kappa shape index (κ3) is 2.70. The average molecular weight is 334 g/mol. The number of nitrogen functional groups attached to an aromatic ring is 1. The Kier molecular flexibility index (Phi) is 4.13. The van der Waals surface area contributed by atoms with Crippen molar-refractivity contribution in [2.24, 2.45) is 7.05 Å². The van der Waals surface area contributed by atoms with Gasteiger partial charge in [-0.3, -0.25) is 9.48 Å². The second-order valence-corrected chi connectivity index (χ2v) is 5.42. The Morgan fingerprint density at radius 2 is 1.85 bits per heavy atom. The molecule has 1 aromatic carbocycles. The summed E-state index contributed by atoms with van der Waals surface area (Å²) in [6.45, 7) is 1.72. The number of anilines is 2. The first-order valence-electron chi connectivity index (χ1n) is 5.56. The summed E-state index contributed by atoms with van der Waals surface area (Å²) in [5.41, 5.74) is 7.23. The number of hydrogen-bond acceptors (Lipinski definition) is 3. The van der Waals surface area contributed by atoms with Crippen molar-refractivity contribution in [2.45, 2.75) is 6.92 Å². The number of nitrogens with two attached hydrogens (primary N) is 1. The van der Waals surface area contributed by atoms with Crippen LogP contribution in [0.3, 0.4) is 0 Å². The van der Waals surface area contributed by atoms with E-state index in [0.29, 0.717) is 16.4 Å². The predicted octanol–water partition coefficient (Wildman–Crippen LogP) is 3.52. The molecule has 2 rings (SSSR count). The summed E-state index contributed by atoms with van der Waals surface area (Å²) in [6, 6.07) is 2.98. The number of aromatic nitrogens is 2. The van der Waals surface area contributed by atoms with Crippen LogP contribution in [0.1, 0.15) is 16.2 Å². The Bertz CT molecular complexity index is 673. The zero-order valence-electron chi connectivity index (χ0n) is 10.7. The van der Waals surface area contributed by atoms with Crippen LogP contribution >= 0.6 is 34.8 Å². The van der Waals surface area contributed by atoms with E-state index in [1.807, 2.05) is 0 Å². The molecule has 20 heavy (non-hydrogen) atoms. The van der Waals surface area contributed by atoms with Crippen molar-refractivity contribution in [3.05, 3.63) is 38.6 Å². The highest BCUT2D eigenvalue weighted by Crippen LogP contribution is 2.34. The number of amides is 1. The maximum atomic E-state index is 12.3. The van der Waals surface area contributed by atoms with Crippen LogP contribution in [0.15, 0.2) is 12.1 Å². The van der Waals surface area contributed by atoms with Crippen molar-refractivity contribution >= 4 is 52.1 Å². The summed E-state index contributed by atoms with van der Waals surface area (Å²) in [7, 11) is 1.63. The fraction of sp³-hybridized carbons (Fsp3) is 0.167. The lowest BCUT2D eigenvalue weighted by Crippen LogP contribution is -2.18. The first-order valence-corrected chi connectivity index (χ1v) is 6.69. The topological polar surface area (TPSA) is 72.9 Å². The van der Waals surface area contributed by atoms with Crippen molar-refractivity contribution in [1.82, 2.24) is 9.78 Å². The van der Waals surface area contributed by atoms with Gasteiger partial charge in [-0.25, -0.2) is 0 Å². The minimum absolute atomic E-state index is 0.240. The molecule has 106 valence electrons. The Hall–Kier alpha value is -1.43. The monoisotopic (exact) mass is 332 g/mol. The minimum Gasteiger partial charge on any atom is -0.395 e. The van der Waals surface area contributed by atoms with Gasteiger partial charge in [0.2, 0.25) is 0 Å². The van der Waals surface area contributed by atoms with Gasteiger partial charge in [-0.1, -0.05) is 34.8 Å². The van der Waals surface area contributed by atoms with Gasteiger partial charge >= 0.3 is 0 Å². The molecule has 1 aromatic heterocycles. The fourth-order valence-electron chi connectivity index (χ4n) is 1.78. The molecule has 0 unspecified atom stereocenters. The van der Waals surface area contributed by atoms with Gasteiger partial charge in [-0.2, -0.15) is 5.10 Å². The molecule has 5 nitrogen and oxygen atoms in total. The van der Waals surface area contributed by atoms with E-state index in [2.05, 4.69) is 10.4 Å². The number of hydrogen-bond donors (Lipinski definition) is 2. The highest BCUT2D eigenvalue weighted by Gasteiger charge is 2.20. The summed E-state index contributed by atoms with van der Waals surface area (Å²) in [4.78, 5) is 12.3. The molecule has 1 heterocycles.